The van der Waals surface area contributed by atoms with E-state index in [9.17, 15) is 33.6 Å². The lowest BCUT2D eigenvalue weighted by atomic mass is 10.1. The highest BCUT2D eigenvalue weighted by atomic mass is 16.7. The number of hydrogen-bond donors (Lipinski definition) is 4. The van der Waals surface area contributed by atoms with Crippen molar-refractivity contribution in [2.75, 3.05) is 24.4 Å². The Morgan fingerprint density at radius 2 is 1.52 bits per heavy atom. The fourth-order valence-corrected chi connectivity index (χ4v) is 3.73. The summed E-state index contributed by atoms with van der Waals surface area (Å²) in [6.07, 6.45) is -3.10. The molecule has 0 saturated heterocycles. The molecule has 3 atom stereocenters. The normalized spacial score (nSPS) is 12.4. The van der Waals surface area contributed by atoms with E-state index < -0.39 is 66.8 Å². The summed E-state index contributed by atoms with van der Waals surface area (Å²) in [6, 6.07) is 11.4. The number of benzene rings is 2. The number of ether oxygens (including phenoxy) is 4. The van der Waals surface area contributed by atoms with Gasteiger partial charge < -0.3 is 34.9 Å². The number of esters is 3. The summed E-state index contributed by atoms with van der Waals surface area (Å²) in [5.74, 6) is -4.01. The first-order valence-corrected chi connectivity index (χ1v) is 13.5. The molecule has 0 radical (unpaired) electrons. The lowest BCUT2D eigenvalue weighted by molar-refractivity contribution is -0.162. The van der Waals surface area contributed by atoms with Crippen molar-refractivity contribution in [2.24, 2.45) is 5.10 Å². The zero-order valence-corrected chi connectivity index (χ0v) is 25.6. The van der Waals surface area contributed by atoms with Crippen molar-refractivity contribution in [3.05, 3.63) is 60.2 Å². The van der Waals surface area contributed by atoms with Crippen molar-refractivity contribution in [1.29, 1.82) is 0 Å². The first kappa shape index (κ1) is 36.2. The maximum Gasteiger partial charge on any atom is 0.430 e. The van der Waals surface area contributed by atoms with E-state index in [0.29, 0.717) is 5.56 Å². The Kier molecular flexibility index (Phi) is 14.1. The quantitative estimate of drug-likeness (QED) is 0.0804. The van der Waals surface area contributed by atoms with Gasteiger partial charge in [-0.1, -0.05) is 30.3 Å². The van der Waals surface area contributed by atoms with Crippen molar-refractivity contribution in [3.63, 3.8) is 0 Å². The SMILES string of the molecule is COC(=O)C[C@H](NC(C)=O)C(=O)N(c1ccccc1)[C@@H](NC(=O)Nc1ccc(C=NNC(=O)OC(C)OC(C)=O)cc1)C(=O)OC. The molecule has 2 rings (SSSR count). The minimum atomic E-state index is -1.74. The Hall–Kier alpha value is -6.00. The molecule has 0 bridgehead atoms. The number of urea groups is 1. The summed E-state index contributed by atoms with van der Waals surface area (Å²) >= 11 is 0. The zero-order valence-electron chi connectivity index (χ0n) is 25.6. The fraction of sp³-hybridized carbons (Fsp3) is 0.310. The highest BCUT2D eigenvalue weighted by molar-refractivity contribution is 6.06. The third-order valence-corrected chi connectivity index (χ3v) is 5.64. The van der Waals surface area contributed by atoms with E-state index in [1.54, 1.807) is 18.2 Å². The molecule has 5 amide bonds. The number of nitrogens with one attached hydrogen (secondary N) is 4. The number of carbonyl (C=O) groups is 7. The predicted molar refractivity (Wildman–Crippen MR) is 161 cm³/mol. The zero-order chi connectivity index (χ0) is 34.2. The maximum atomic E-state index is 13.8. The molecule has 246 valence electrons. The van der Waals surface area contributed by atoms with E-state index in [4.69, 9.17) is 9.47 Å². The molecule has 0 aliphatic carbocycles. The van der Waals surface area contributed by atoms with Crippen LogP contribution in [-0.2, 0) is 42.9 Å². The van der Waals surface area contributed by atoms with Crippen molar-refractivity contribution in [1.82, 2.24) is 16.1 Å². The summed E-state index contributed by atoms with van der Waals surface area (Å²) < 4.78 is 18.9. The van der Waals surface area contributed by atoms with Crippen LogP contribution in [0.25, 0.3) is 0 Å². The summed E-state index contributed by atoms with van der Waals surface area (Å²) in [5.41, 5.74) is 3.01. The van der Waals surface area contributed by atoms with Gasteiger partial charge >= 0.3 is 30.0 Å². The number of rotatable bonds is 13. The van der Waals surface area contributed by atoms with E-state index >= 15 is 0 Å². The number of hydrogen-bond acceptors (Lipinski definition) is 12. The number of amides is 5. The van der Waals surface area contributed by atoms with Crippen LogP contribution in [0.1, 0.15) is 32.8 Å². The van der Waals surface area contributed by atoms with Gasteiger partial charge in [0.05, 0.1) is 26.9 Å². The number of methoxy groups -OCH3 is 2. The summed E-state index contributed by atoms with van der Waals surface area (Å²) in [5, 5.41) is 11.0. The second-order valence-electron chi connectivity index (χ2n) is 9.18. The van der Waals surface area contributed by atoms with Crippen LogP contribution in [0.15, 0.2) is 59.7 Å². The first-order valence-electron chi connectivity index (χ1n) is 13.5. The lowest BCUT2D eigenvalue weighted by Crippen LogP contribution is -2.61. The molecule has 46 heavy (non-hydrogen) atoms. The second kappa shape index (κ2) is 18.0. The maximum absolute atomic E-state index is 13.8. The number of anilines is 2. The van der Waals surface area contributed by atoms with E-state index in [-0.39, 0.29) is 11.4 Å². The predicted octanol–water partition coefficient (Wildman–Crippen LogP) is 1.38. The smallest absolute Gasteiger partial charge is 0.430 e. The Bertz CT molecular complexity index is 1430. The van der Waals surface area contributed by atoms with Gasteiger partial charge in [0, 0.05) is 32.1 Å². The standard InChI is InChI=1S/C29H34N6O11/c1-17(36)31-23(15-24(38)43-4)26(39)35(22-9-7-6-8-10-22)25(27(40)44-5)33-28(41)32-21-13-11-20(12-14-21)16-30-34-29(42)46-19(3)45-18(2)37/h6-14,16,19,23,25H,15H2,1-5H3,(H,31,36)(H,34,42)(H2,32,33,41)/t19?,23-,25+/m0/s1. The van der Waals surface area contributed by atoms with Crippen LogP contribution in [0.3, 0.4) is 0 Å². The van der Waals surface area contributed by atoms with Gasteiger partial charge in [-0.15, -0.1) is 0 Å². The van der Waals surface area contributed by atoms with Gasteiger partial charge in [-0.25, -0.2) is 19.8 Å². The molecule has 0 aliphatic rings. The second-order valence-corrected chi connectivity index (χ2v) is 9.18. The van der Waals surface area contributed by atoms with E-state index in [0.717, 1.165) is 33.0 Å². The van der Waals surface area contributed by atoms with Crippen LogP contribution >= 0.6 is 0 Å². The first-order chi connectivity index (χ1) is 21.8. The molecule has 0 heterocycles. The molecule has 2 aromatic rings. The third kappa shape index (κ3) is 11.9. The number of hydrazone groups is 1. The molecule has 0 aliphatic heterocycles. The Balaban J connectivity index is 2.21. The average Bonchev–Trinajstić information content (AvgIpc) is 3.00. The van der Waals surface area contributed by atoms with Crippen LogP contribution in [0.5, 0.6) is 0 Å². The largest absolute Gasteiger partial charge is 0.469 e. The highest BCUT2D eigenvalue weighted by Gasteiger charge is 2.38. The molecule has 17 nitrogen and oxygen atoms in total. The fourth-order valence-electron chi connectivity index (χ4n) is 3.73. The van der Waals surface area contributed by atoms with Gasteiger partial charge in [0.25, 0.3) is 5.91 Å². The van der Waals surface area contributed by atoms with Gasteiger partial charge in [-0.2, -0.15) is 5.10 Å². The van der Waals surface area contributed by atoms with Crippen molar-refractivity contribution in [2.45, 2.75) is 45.7 Å². The molecular formula is C29H34N6O11. The van der Waals surface area contributed by atoms with Crippen LogP contribution in [0.4, 0.5) is 21.0 Å². The van der Waals surface area contributed by atoms with Gasteiger partial charge in [0.2, 0.25) is 18.4 Å². The Morgan fingerprint density at radius 1 is 0.870 bits per heavy atom. The molecule has 0 fully saturated rings. The summed E-state index contributed by atoms with van der Waals surface area (Å²) in [4.78, 5) is 87.1. The van der Waals surface area contributed by atoms with E-state index in [1.807, 2.05) is 0 Å². The molecule has 1 unspecified atom stereocenters. The van der Waals surface area contributed by atoms with Crippen LogP contribution in [0.2, 0.25) is 0 Å². The van der Waals surface area contributed by atoms with Crippen LogP contribution in [0, 0.1) is 0 Å². The monoisotopic (exact) mass is 642 g/mol. The van der Waals surface area contributed by atoms with Gasteiger partial charge in [0.15, 0.2) is 0 Å². The molecule has 17 heteroatoms. The van der Waals surface area contributed by atoms with E-state index in [1.165, 1.54) is 49.5 Å². The molecule has 0 aromatic heterocycles. The summed E-state index contributed by atoms with van der Waals surface area (Å²) in [6.45, 7) is 3.66. The molecule has 2 aromatic carbocycles. The minimum Gasteiger partial charge on any atom is -0.469 e. The van der Waals surface area contributed by atoms with Gasteiger partial charge in [-0.05, 0) is 29.8 Å². The Labute approximate surface area is 263 Å². The average molecular weight is 643 g/mol. The van der Waals surface area contributed by atoms with Crippen molar-refractivity contribution >= 4 is 59.4 Å². The Morgan fingerprint density at radius 3 is 2.09 bits per heavy atom. The molecule has 0 saturated carbocycles. The van der Waals surface area contributed by atoms with Crippen LogP contribution < -0.4 is 26.3 Å². The third-order valence-electron chi connectivity index (χ3n) is 5.64. The van der Waals surface area contributed by atoms with Crippen molar-refractivity contribution in [3.8, 4) is 0 Å². The topological polar surface area (TPSA) is 220 Å². The van der Waals surface area contributed by atoms with Crippen molar-refractivity contribution < 1.29 is 52.5 Å². The lowest BCUT2D eigenvalue weighted by Gasteiger charge is -2.33. The van der Waals surface area contributed by atoms with Gasteiger partial charge in [-0.3, -0.25) is 24.1 Å². The number of carbonyl (C=O) groups excluding carboxylic acids is 7. The molecule has 0 spiro atoms. The van der Waals surface area contributed by atoms with E-state index in [2.05, 4.69) is 36.0 Å². The van der Waals surface area contributed by atoms with Crippen LogP contribution in [-0.4, -0.2) is 80.8 Å². The summed E-state index contributed by atoms with van der Waals surface area (Å²) in [7, 11) is 2.16. The van der Waals surface area contributed by atoms with Gasteiger partial charge in [0.1, 0.15) is 6.04 Å². The molecule has 4 N–H and O–H groups in total. The number of nitrogens with zero attached hydrogens (tertiary/aromatic N) is 2. The minimum absolute atomic E-state index is 0.144. The molecular weight excluding hydrogens is 608 g/mol. The highest BCUT2D eigenvalue weighted by Crippen LogP contribution is 2.20. The number of para-hydroxylation sites is 1.